The summed E-state index contributed by atoms with van der Waals surface area (Å²) in [6, 6.07) is 5.87. The Morgan fingerprint density at radius 3 is 2.52 bits per heavy atom. The highest BCUT2D eigenvalue weighted by molar-refractivity contribution is 14.0. The fraction of sp³-hybridized carbons (Fsp3) is 0.474. The number of aromatic nitrogens is 1. The molecule has 0 aliphatic rings. The van der Waals surface area contributed by atoms with Gasteiger partial charge in [-0.2, -0.15) is 0 Å². The molecule has 1 aromatic heterocycles. The van der Waals surface area contributed by atoms with E-state index in [1.165, 1.54) is 5.01 Å². The van der Waals surface area contributed by atoms with Crippen molar-refractivity contribution in [2.75, 3.05) is 27.8 Å². The molecule has 6 nitrogen and oxygen atoms in total. The van der Waals surface area contributed by atoms with Gasteiger partial charge in [0.1, 0.15) is 0 Å². The predicted octanol–water partition coefficient (Wildman–Crippen LogP) is 3.81. The zero-order chi connectivity index (χ0) is 18.9. The zero-order valence-electron chi connectivity index (χ0n) is 16.5. The first-order valence-electron chi connectivity index (χ1n) is 8.67. The van der Waals surface area contributed by atoms with E-state index < -0.39 is 0 Å². The highest BCUT2D eigenvalue weighted by Crippen LogP contribution is 2.27. The summed E-state index contributed by atoms with van der Waals surface area (Å²) in [6.45, 7) is 5.77. The maximum Gasteiger partial charge on any atom is 0.191 e. The summed E-state index contributed by atoms with van der Waals surface area (Å²) < 4.78 is 10.6. The predicted molar refractivity (Wildman–Crippen MR) is 123 cm³/mol. The molecule has 27 heavy (non-hydrogen) atoms. The van der Waals surface area contributed by atoms with Gasteiger partial charge < -0.3 is 20.1 Å². The normalized spacial score (nSPS) is 11.1. The van der Waals surface area contributed by atoms with E-state index >= 15 is 0 Å². The molecule has 1 heterocycles. The molecular weight excluding hydrogens is 475 g/mol. The lowest BCUT2D eigenvalue weighted by molar-refractivity contribution is 0.354. The summed E-state index contributed by atoms with van der Waals surface area (Å²) in [7, 11) is 5.04. The number of nitrogens with zero attached hydrogens (tertiary/aromatic N) is 2. The topological polar surface area (TPSA) is 67.8 Å². The number of guanidine groups is 1. The van der Waals surface area contributed by atoms with Gasteiger partial charge in [0.25, 0.3) is 0 Å². The van der Waals surface area contributed by atoms with E-state index in [1.807, 2.05) is 18.2 Å². The van der Waals surface area contributed by atoms with Gasteiger partial charge in [-0.3, -0.25) is 4.99 Å². The number of thiazole rings is 1. The molecule has 0 fully saturated rings. The quantitative estimate of drug-likeness (QED) is 0.325. The number of rotatable bonds is 8. The van der Waals surface area contributed by atoms with Crippen LogP contribution in [0.4, 0.5) is 0 Å². The van der Waals surface area contributed by atoms with Crippen molar-refractivity contribution in [1.82, 2.24) is 15.6 Å². The molecule has 0 saturated carbocycles. The minimum Gasteiger partial charge on any atom is -0.493 e. The van der Waals surface area contributed by atoms with Crippen LogP contribution in [0.15, 0.2) is 28.6 Å². The number of aliphatic imine (C=N–C) groups is 1. The Morgan fingerprint density at radius 2 is 1.93 bits per heavy atom. The van der Waals surface area contributed by atoms with E-state index in [0.717, 1.165) is 41.7 Å². The molecule has 0 aliphatic heterocycles. The van der Waals surface area contributed by atoms with Gasteiger partial charge in [0, 0.05) is 37.9 Å². The van der Waals surface area contributed by atoms with Crippen LogP contribution >= 0.6 is 35.3 Å². The number of halogens is 1. The number of benzene rings is 1. The Labute approximate surface area is 182 Å². The maximum absolute atomic E-state index is 5.34. The smallest absolute Gasteiger partial charge is 0.191 e. The molecule has 150 valence electrons. The van der Waals surface area contributed by atoms with Gasteiger partial charge in [-0.05, 0) is 17.7 Å². The Hall–Kier alpha value is -1.55. The minimum absolute atomic E-state index is 0. The standard InChI is InChI=1S/C19H28N4O2S.HI/c1-13(2)18-23-15(12-26-18)8-9-21-19(20-3)22-11-14-6-7-16(24-4)17(10-14)25-5;/h6-7,10,12-13H,8-9,11H2,1-5H3,(H2,20,21,22);1H. The van der Waals surface area contributed by atoms with E-state index in [0.29, 0.717) is 12.5 Å². The van der Waals surface area contributed by atoms with Crippen LogP contribution in [-0.2, 0) is 13.0 Å². The van der Waals surface area contributed by atoms with Crippen LogP contribution < -0.4 is 20.1 Å². The second kappa shape index (κ2) is 12.0. The van der Waals surface area contributed by atoms with Crippen molar-refractivity contribution in [2.45, 2.75) is 32.7 Å². The van der Waals surface area contributed by atoms with E-state index in [-0.39, 0.29) is 24.0 Å². The molecule has 0 radical (unpaired) electrons. The number of hydrogen-bond acceptors (Lipinski definition) is 5. The summed E-state index contributed by atoms with van der Waals surface area (Å²) in [4.78, 5) is 8.92. The van der Waals surface area contributed by atoms with Gasteiger partial charge in [0.2, 0.25) is 0 Å². The first-order valence-corrected chi connectivity index (χ1v) is 9.55. The lowest BCUT2D eigenvalue weighted by atomic mass is 10.2. The molecule has 2 aromatic rings. The van der Waals surface area contributed by atoms with Gasteiger partial charge in [-0.15, -0.1) is 35.3 Å². The van der Waals surface area contributed by atoms with E-state index in [2.05, 4.69) is 39.8 Å². The third kappa shape index (κ3) is 7.17. The summed E-state index contributed by atoms with van der Waals surface area (Å²) in [6.07, 6.45) is 0.875. The maximum atomic E-state index is 5.34. The molecule has 0 unspecified atom stereocenters. The molecular formula is C19H29IN4O2S. The molecule has 0 spiro atoms. The average Bonchev–Trinajstić information content (AvgIpc) is 3.13. The molecule has 0 bridgehead atoms. The fourth-order valence-corrected chi connectivity index (χ4v) is 3.28. The Morgan fingerprint density at radius 1 is 1.19 bits per heavy atom. The lowest BCUT2D eigenvalue weighted by Crippen LogP contribution is -2.37. The van der Waals surface area contributed by atoms with Crippen LogP contribution in [0.1, 0.15) is 36.0 Å². The van der Waals surface area contributed by atoms with E-state index in [1.54, 1.807) is 32.6 Å². The zero-order valence-corrected chi connectivity index (χ0v) is 19.7. The molecule has 2 N–H and O–H groups in total. The van der Waals surface area contributed by atoms with Crippen LogP contribution in [-0.4, -0.2) is 38.8 Å². The van der Waals surface area contributed by atoms with Gasteiger partial charge >= 0.3 is 0 Å². The van der Waals surface area contributed by atoms with Crippen molar-refractivity contribution in [3.63, 3.8) is 0 Å². The number of nitrogens with one attached hydrogen (secondary N) is 2. The van der Waals surface area contributed by atoms with E-state index in [4.69, 9.17) is 9.47 Å². The van der Waals surface area contributed by atoms with Gasteiger partial charge in [-0.1, -0.05) is 19.9 Å². The van der Waals surface area contributed by atoms with Crippen LogP contribution in [0.3, 0.4) is 0 Å². The summed E-state index contributed by atoms with van der Waals surface area (Å²) in [5.74, 6) is 2.69. The first kappa shape index (κ1) is 23.5. The molecule has 0 amide bonds. The Balaban J connectivity index is 0.00000364. The molecule has 0 atom stereocenters. The number of methoxy groups -OCH3 is 2. The van der Waals surface area contributed by atoms with E-state index in [9.17, 15) is 0 Å². The van der Waals surface area contributed by atoms with Crippen molar-refractivity contribution in [2.24, 2.45) is 4.99 Å². The molecule has 0 aliphatic carbocycles. The van der Waals surface area contributed by atoms with Crippen molar-refractivity contribution >= 4 is 41.3 Å². The largest absolute Gasteiger partial charge is 0.493 e. The Bertz CT molecular complexity index is 734. The third-order valence-electron chi connectivity index (χ3n) is 3.87. The van der Waals surface area contributed by atoms with Crippen LogP contribution in [0.2, 0.25) is 0 Å². The summed E-state index contributed by atoms with van der Waals surface area (Å²) in [5, 5.41) is 9.96. The number of hydrogen-bond donors (Lipinski definition) is 2. The van der Waals surface area contributed by atoms with Crippen molar-refractivity contribution in [1.29, 1.82) is 0 Å². The van der Waals surface area contributed by atoms with Crippen LogP contribution in [0, 0.1) is 0 Å². The van der Waals surface area contributed by atoms with Crippen molar-refractivity contribution in [3.8, 4) is 11.5 Å². The van der Waals surface area contributed by atoms with Gasteiger partial charge in [-0.25, -0.2) is 4.98 Å². The molecule has 1 aromatic carbocycles. The number of ether oxygens (including phenoxy) is 2. The third-order valence-corrected chi connectivity index (χ3v) is 5.06. The van der Waals surface area contributed by atoms with Gasteiger partial charge in [0.05, 0.1) is 24.9 Å². The minimum atomic E-state index is 0. The first-order chi connectivity index (χ1) is 12.6. The Kier molecular flexibility index (Phi) is 10.5. The summed E-state index contributed by atoms with van der Waals surface area (Å²) in [5.41, 5.74) is 2.22. The monoisotopic (exact) mass is 504 g/mol. The van der Waals surface area contributed by atoms with Crippen molar-refractivity contribution in [3.05, 3.63) is 39.8 Å². The second-order valence-electron chi connectivity index (χ2n) is 6.12. The molecule has 8 heteroatoms. The van der Waals surface area contributed by atoms with Crippen molar-refractivity contribution < 1.29 is 9.47 Å². The highest BCUT2D eigenvalue weighted by Gasteiger charge is 2.07. The average molecular weight is 504 g/mol. The van der Waals surface area contributed by atoms with Gasteiger partial charge in [0.15, 0.2) is 17.5 Å². The molecule has 2 rings (SSSR count). The highest BCUT2D eigenvalue weighted by atomic mass is 127. The second-order valence-corrected chi connectivity index (χ2v) is 7.01. The molecule has 0 saturated heterocycles. The van der Waals surface area contributed by atoms with Crippen LogP contribution in [0.5, 0.6) is 11.5 Å². The summed E-state index contributed by atoms with van der Waals surface area (Å²) >= 11 is 1.73. The lowest BCUT2D eigenvalue weighted by Gasteiger charge is -2.13. The van der Waals surface area contributed by atoms with Crippen LogP contribution in [0.25, 0.3) is 0 Å². The SMILES string of the molecule is CN=C(NCCc1csc(C(C)C)n1)NCc1ccc(OC)c(OC)c1.I. The fourth-order valence-electron chi connectivity index (χ4n) is 2.41.